The summed E-state index contributed by atoms with van der Waals surface area (Å²) in [4.78, 5) is -4.19. The van der Waals surface area contributed by atoms with Gasteiger partial charge in [0.25, 0.3) is 40.5 Å². The third-order valence-electron chi connectivity index (χ3n) is 8.91. The number of hydrogen-bond donors (Lipinski definition) is 10. The zero-order chi connectivity index (χ0) is 44.3. The van der Waals surface area contributed by atoms with Gasteiger partial charge in [-0.15, -0.1) is 10.2 Å². The molecule has 0 radical (unpaired) electrons. The van der Waals surface area contributed by atoms with Crippen molar-refractivity contribution in [3.8, 4) is 22.6 Å². The van der Waals surface area contributed by atoms with Crippen LogP contribution >= 0.6 is 0 Å². The van der Waals surface area contributed by atoms with Crippen LogP contribution in [0.15, 0.2) is 113 Å². The van der Waals surface area contributed by atoms with E-state index in [2.05, 4.69) is 20.5 Å². The van der Waals surface area contributed by atoms with Gasteiger partial charge in [-0.05, 0) is 59.7 Å². The molecular weight excluding hydrogens is 877 g/mol. The molecule has 60 heavy (non-hydrogen) atoms. The molecule has 0 unspecified atom stereocenters. The summed E-state index contributed by atoms with van der Waals surface area (Å²) in [6.07, 6.45) is 0. The van der Waals surface area contributed by atoms with Gasteiger partial charge in [-0.3, -0.25) is 18.2 Å². The van der Waals surface area contributed by atoms with Gasteiger partial charge in [0.15, 0.2) is 11.5 Å². The predicted octanol–water partition coefficient (Wildman–Crippen LogP) is 5.04. The maximum Gasteiger partial charge on any atom is 0.296 e. The molecule has 0 amide bonds. The second-order valence-corrected chi connectivity index (χ2v) is 18.1. The Kier molecular flexibility index (Phi) is 11.2. The lowest BCUT2D eigenvalue weighted by Gasteiger charge is -2.13. The van der Waals surface area contributed by atoms with Crippen molar-refractivity contribution in [1.82, 2.24) is 0 Å². The van der Waals surface area contributed by atoms with E-state index in [1.807, 2.05) is 0 Å². The standard InChI is InChI=1S/C34H28N6O16S4/c35-31-27(59(51,52)53)11-25(57(45,46)47)19-3-7-23(33(43)29(19)31)39-37-21-5-1-15(9-17(21)13-41)16-2-6-22(18(10-16)14-42)38-40-24-8-4-20-26(58(48,49)50)12-28(60(54,55)56)32(36)30(20)34(24)44/h1-12,41-44H,13-14,35-36H2,(H,45,46,47)(H,48,49,50)(H,51,52,53)(H,54,55,56). The van der Waals surface area contributed by atoms with Crippen LogP contribution in [0.2, 0.25) is 0 Å². The van der Waals surface area contributed by atoms with Gasteiger partial charge in [0.1, 0.15) is 31.0 Å². The molecule has 0 aliphatic rings. The number of fused-ring (bicyclic) bond motifs is 2. The van der Waals surface area contributed by atoms with Gasteiger partial charge in [0.05, 0.1) is 46.7 Å². The molecule has 0 spiro atoms. The highest BCUT2D eigenvalue weighted by atomic mass is 32.2. The number of benzene rings is 6. The van der Waals surface area contributed by atoms with Gasteiger partial charge in [-0.2, -0.15) is 43.9 Å². The summed E-state index contributed by atoms with van der Waals surface area (Å²) in [5.74, 6) is -1.73. The number of hydrogen-bond acceptors (Lipinski definition) is 18. The number of nitrogens with two attached hydrogens (primary N) is 2. The minimum Gasteiger partial charge on any atom is -0.505 e. The van der Waals surface area contributed by atoms with Crippen molar-refractivity contribution in [2.75, 3.05) is 11.5 Å². The van der Waals surface area contributed by atoms with Crippen molar-refractivity contribution < 1.29 is 72.3 Å². The highest BCUT2D eigenvalue weighted by Gasteiger charge is 2.28. The predicted molar refractivity (Wildman–Crippen MR) is 211 cm³/mol. The minimum atomic E-state index is -5.14. The molecule has 314 valence electrons. The van der Waals surface area contributed by atoms with E-state index in [1.165, 1.54) is 24.3 Å². The van der Waals surface area contributed by atoms with Crippen molar-refractivity contribution in [1.29, 1.82) is 0 Å². The van der Waals surface area contributed by atoms with Crippen molar-refractivity contribution in [2.24, 2.45) is 20.5 Å². The average Bonchev–Trinajstić information content (AvgIpc) is 3.15. The van der Waals surface area contributed by atoms with E-state index in [4.69, 9.17) is 11.5 Å². The second-order valence-electron chi connectivity index (χ2n) is 12.6. The first-order valence-corrected chi connectivity index (χ1v) is 22.0. The largest absolute Gasteiger partial charge is 0.505 e. The molecule has 26 heteroatoms. The molecule has 6 aromatic rings. The smallest absolute Gasteiger partial charge is 0.296 e. The molecule has 6 aromatic carbocycles. The first-order valence-electron chi connectivity index (χ1n) is 16.2. The van der Waals surface area contributed by atoms with E-state index in [0.29, 0.717) is 23.3 Å². The van der Waals surface area contributed by atoms with Crippen LogP contribution in [0.1, 0.15) is 11.1 Å². The maximum absolute atomic E-state index is 12.0. The zero-order valence-electron chi connectivity index (χ0n) is 29.8. The normalized spacial score (nSPS) is 13.0. The number of nitrogen functional groups attached to an aromatic ring is 2. The van der Waals surface area contributed by atoms with E-state index in [0.717, 1.165) is 24.3 Å². The number of aliphatic hydroxyl groups excluding tert-OH is 2. The molecule has 0 aliphatic heterocycles. The molecule has 0 heterocycles. The quantitative estimate of drug-likeness (QED) is 0.0462. The number of aromatic hydroxyl groups is 2. The second kappa shape index (κ2) is 15.4. The molecule has 0 fully saturated rings. The summed E-state index contributed by atoms with van der Waals surface area (Å²) in [5, 5.41) is 56.2. The molecule has 22 nitrogen and oxygen atoms in total. The maximum atomic E-state index is 12.0. The van der Waals surface area contributed by atoms with Crippen LogP contribution in [0.3, 0.4) is 0 Å². The van der Waals surface area contributed by atoms with Gasteiger partial charge in [-0.1, -0.05) is 24.3 Å². The number of aliphatic hydroxyl groups is 2. The molecule has 0 bridgehead atoms. The third kappa shape index (κ3) is 8.18. The lowest BCUT2D eigenvalue weighted by molar-refractivity contribution is 0.282. The number of nitrogens with zero attached hydrogens (tertiary/aromatic N) is 4. The Bertz CT molecular complexity index is 3120. The van der Waals surface area contributed by atoms with Gasteiger partial charge in [0.2, 0.25) is 0 Å². The van der Waals surface area contributed by atoms with Crippen LogP contribution in [0.25, 0.3) is 32.7 Å². The fourth-order valence-electron chi connectivity index (χ4n) is 6.12. The van der Waals surface area contributed by atoms with Crippen LogP contribution in [-0.2, 0) is 53.7 Å². The highest BCUT2D eigenvalue weighted by Crippen LogP contribution is 2.45. The van der Waals surface area contributed by atoms with Gasteiger partial charge < -0.3 is 31.9 Å². The topological polar surface area (TPSA) is 400 Å². The Morgan fingerprint density at radius 2 is 0.733 bits per heavy atom. The minimum absolute atomic E-state index is 0.0649. The van der Waals surface area contributed by atoms with Crippen molar-refractivity contribution in [2.45, 2.75) is 32.8 Å². The van der Waals surface area contributed by atoms with Crippen molar-refractivity contribution in [3.05, 3.63) is 83.9 Å². The van der Waals surface area contributed by atoms with Crippen LogP contribution in [0.5, 0.6) is 11.5 Å². The SMILES string of the molecule is Nc1c(S(=O)(=O)O)cc(S(=O)(=O)O)c2ccc(N=Nc3ccc(-c4ccc(N=Nc5ccc6c(S(=O)(=O)O)cc(S(=O)(=O)O)c(N)c6c5O)c(CO)c4)cc3CO)c(O)c12. The summed E-state index contributed by atoms with van der Waals surface area (Å²) < 4.78 is 134. The number of azo groups is 2. The highest BCUT2D eigenvalue weighted by molar-refractivity contribution is 7.87. The average molecular weight is 905 g/mol. The van der Waals surface area contributed by atoms with Crippen LogP contribution in [0, 0.1) is 0 Å². The fourth-order valence-corrected chi connectivity index (χ4v) is 8.99. The molecule has 0 saturated heterocycles. The van der Waals surface area contributed by atoms with E-state index in [9.17, 15) is 72.3 Å². The van der Waals surface area contributed by atoms with E-state index in [-0.39, 0.29) is 33.9 Å². The van der Waals surface area contributed by atoms with Crippen molar-refractivity contribution in [3.63, 3.8) is 0 Å². The Balaban J connectivity index is 1.34. The van der Waals surface area contributed by atoms with Crippen LogP contribution in [0.4, 0.5) is 34.1 Å². The monoisotopic (exact) mass is 904 g/mol. The molecule has 0 saturated carbocycles. The molecule has 6 rings (SSSR count). The molecule has 0 atom stereocenters. The Morgan fingerprint density at radius 1 is 0.433 bits per heavy atom. The summed E-state index contributed by atoms with van der Waals surface area (Å²) in [7, 11) is -20.5. The number of anilines is 2. The van der Waals surface area contributed by atoms with E-state index < -0.39 is 118 Å². The van der Waals surface area contributed by atoms with Gasteiger partial charge in [-0.25, -0.2) is 0 Å². The summed E-state index contributed by atoms with van der Waals surface area (Å²) in [6, 6.07) is 14.1. The number of phenols is 2. The first-order chi connectivity index (χ1) is 27.9. The fraction of sp³-hybridized carbons (Fsp3) is 0.0588. The Hall–Kier alpha value is -6.20. The van der Waals surface area contributed by atoms with Crippen LogP contribution in [-0.4, -0.2) is 72.3 Å². The van der Waals surface area contributed by atoms with Crippen LogP contribution < -0.4 is 11.5 Å². The number of phenolic OH excluding ortho intramolecular Hbond substituents is 2. The molecule has 0 aromatic heterocycles. The Labute approximate surface area is 338 Å². The molecule has 0 aliphatic carbocycles. The number of rotatable bonds is 11. The molecular formula is C34H28N6O16S4. The Morgan fingerprint density at radius 3 is 1.03 bits per heavy atom. The lowest BCUT2D eigenvalue weighted by atomic mass is 9.99. The summed E-state index contributed by atoms with van der Waals surface area (Å²) in [5.41, 5.74) is 11.0. The lowest BCUT2D eigenvalue weighted by Crippen LogP contribution is -2.08. The van der Waals surface area contributed by atoms with E-state index >= 15 is 0 Å². The van der Waals surface area contributed by atoms with E-state index in [1.54, 1.807) is 12.1 Å². The molecule has 12 N–H and O–H groups in total. The summed E-state index contributed by atoms with van der Waals surface area (Å²) in [6.45, 7) is -1.19. The van der Waals surface area contributed by atoms with Crippen molar-refractivity contribution >= 4 is 96.1 Å². The summed E-state index contributed by atoms with van der Waals surface area (Å²) >= 11 is 0. The first kappa shape index (κ1) is 43.4. The zero-order valence-corrected chi connectivity index (χ0v) is 33.0. The van der Waals surface area contributed by atoms with Gasteiger partial charge >= 0.3 is 0 Å². The van der Waals surface area contributed by atoms with Gasteiger partial charge in [0, 0.05) is 21.9 Å². The third-order valence-corrected chi connectivity index (χ3v) is 12.5.